The number of rotatable bonds is 9. The molecule has 1 heterocycles. The Hall–Kier alpha value is -3.14. The highest BCUT2D eigenvalue weighted by Gasteiger charge is 2.34. The van der Waals surface area contributed by atoms with Gasteiger partial charge in [0.05, 0.1) is 5.25 Å². The first-order chi connectivity index (χ1) is 15.9. The van der Waals surface area contributed by atoms with Crippen molar-refractivity contribution in [3.8, 4) is 11.1 Å². The minimum atomic E-state index is -1.38. The number of aromatic nitrogens is 1. The van der Waals surface area contributed by atoms with Crippen LogP contribution in [0.4, 0.5) is 0 Å². The number of thioether (sulfide) groups is 2. The summed E-state index contributed by atoms with van der Waals surface area (Å²) < 4.78 is 0. The van der Waals surface area contributed by atoms with Crippen LogP contribution in [-0.2, 0) is 9.59 Å². The molecule has 1 aromatic heterocycles. The summed E-state index contributed by atoms with van der Waals surface area (Å²) in [5, 5.41) is 9.64. The zero-order valence-electron chi connectivity index (χ0n) is 17.8. The van der Waals surface area contributed by atoms with Gasteiger partial charge in [-0.1, -0.05) is 48.5 Å². The van der Waals surface area contributed by atoms with Gasteiger partial charge in [-0.05, 0) is 53.8 Å². The van der Waals surface area contributed by atoms with Crippen LogP contribution in [0.25, 0.3) is 11.1 Å². The number of pyridine rings is 1. The second-order valence-corrected chi connectivity index (χ2v) is 9.17. The van der Waals surface area contributed by atoms with Gasteiger partial charge in [-0.3, -0.25) is 19.6 Å². The van der Waals surface area contributed by atoms with Crippen LogP contribution in [0.2, 0.25) is 0 Å². The Morgan fingerprint density at radius 1 is 1.03 bits per heavy atom. The average molecular weight is 482 g/mol. The molecule has 0 saturated heterocycles. The Morgan fingerprint density at radius 2 is 1.73 bits per heavy atom. The lowest BCUT2D eigenvalue weighted by atomic mass is 9.98. The Morgan fingerprint density at radius 3 is 2.36 bits per heavy atom. The second-order valence-electron chi connectivity index (χ2n) is 7.05. The molecule has 33 heavy (non-hydrogen) atoms. The van der Waals surface area contributed by atoms with Crippen LogP contribution in [0, 0.1) is 0 Å². The van der Waals surface area contributed by atoms with E-state index in [1.165, 1.54) is 11.8 Å². The standard InChI is InChI=1S/C24H23N3O4S2/c1-32-21(24(31)33-17-10-7-13-26-15-17)14-20(23(29)30)27(25)22(28)19-12-6-5-11-18(19)16-8-3-2-4-9-16/h2-13,15,20-21H,14,25H2,1H3,(H,29,30)/t20-,21?/m0/s1. The van der Waals surface area contributed by atoms with E-state index < -0.39 is 23.2 Å². The van der Waals surface area contributed by atoms with Gasteiger partial charge < -0.3 is 5.11 Å². The predicted octanol–water partition coefficient (Wildman–Crippen LogP) is 3.96. The topological polar surface area (TPSA) is 114 Å². The smallest absolute Gasteiger partial charge is 0.328 e. The number of amides is 1. The average Bonchev–Trinajstić information content (AvgIpc) is 2.84. The van der Waals surface area contributed by atoms with Crippen molar-refractivity contribution < 1.29 is 19.5 Å². The monoisotopic (exact) mass is 481 g/mol. The first kappa shape index (κ1) is 24.5. The second kappa shape index (κ2) is 11.6. The summed E-state index contributed by atoms with van der Waals surface area (Å²) >= 11 is 2.21. The fourth-order valence-electron chi connectivity index (χ4n) is 3.23. The van der Waals surface area contributed by atoms with E-state index in [0.717, 1.165) is 22.3 Å². The number of nitrogens with zero attached hydrogens (tertiary/aromatic N) is 2. The van der Waals surface area contributed by atoms with E-state index in [2.05, 4.69) is 4.98 Å². The van der Waals surface area contributed by atoms with E-state index in [-0.39, 0.29) is 17.1 Å². The molecule has 7 nitrogen and oxygen atoms in total. The van der Waals surface area contributed by atoms with Gasteiger partial charge in [0.1, 0.15) is 6.04 Å². The number of carbonyl (C=O) groups is 3. The van der Waals surface area contributed by atoms with E-state index in [9.17, 15) is 19.5 Å². The third-order valence-corrected chi connectivity index (χ3v) is 7.02. The third kappa shape index (κ3) is 6.22. The fraction of sp³-hybridized carbons (Fsp3) is 0.167. The molecule has 2 atom stereocenters. The van der Waals surface area contributed by atoms with Crippen molar-refractivity contribution in [1.29, 1.82) is 0 Å². The molecule has 0 saturated carbocycles. The number of benzene rings is 2. The van der Waals surface area contributed by atoms with Gasteiger partial charge >= 0.3 is 5.97 Å². The summed E-state index contributed by atoms with van der Waals surface area (Å²) in [7, 11) is 0. The van der Waals surface area contributed by atoms with Gasteiger partial charge in [0.25, 0.3) is 5.91 Å². The fourth-order valence-corrected chi connectivity index (χ4v) is 4.95. The van der Waals surface area contributed by atoms with Crippen LogP contribution in [0.5, 0.6) is 0 Å². The summed E-state index contributed by atoms with van der Waals surface area (Å²) in [4.78, 5) is 42.7. The third-order valence-electron chi connectivity index (χ3n) is 4.94. The number of carboxylic acids is 1. The van der Waals surface area contributed by atoms with Gasteiger partial charge in [-0.2, -0.15) is 11.8 Å². The van der Waals surface area contributed by atoms with E-state index in [1.807, 2.05) is 30.3 Å². The number of nitrogens with two attached hydrogens (primary N) is 1. The zero-order valence-corrected chi connectivity index (χ0v) is 19.5. The number of carboxylic acid groups (broad SMARTS) is 1. The summed E-state index contributed by atoms with van der Waals surface area (Å²) in [5.74, 6) is 4.16. The minimum Gasteiger partial charge on any atom is -0.480 e. The molecule has 9 heteroatoms. The normalized spacial score (nSPS) is 12.5. The molecule has 3 rings (SSSR count). The molecule has 3 N–H and O–H groups in total. The van der Waals surface area contributed by atoms with Crippen molar-refractivity contribution in [3.05, 3.63) is 84.7 Å². The van der Waals surface area contributed by atoms with Crippen molar-refractivity contribution in [1.82, 2.24) is 9.99 Å². The Kier molecular flexibility index (Phi) is 8.65. The molecule has 0 aliphatic heterocycles. The molecule has 0 aliphatic carbocycles. The first-order valence-corrected chi connectivity index (χ1v) is 12.1. The maximum Gasteiger partial charge on any atom is 0.328 e. The molecular weight excluding hydrogens is 458 g/mol. The van der Waals surface area contributed by atoms with Crippen LogP contribution in [0.3, 0.4) is 0 Å². The van der Waals surface area contributed by atoms with Crippen LogP contribution in [0.1, 0.15) is 16.8 Å². The summed E-state index contributed by atoms with van der Waals surface area (Å²) in [5.41, 5.74) is 1.74. The van der Waals surface area contributed by atoms with Crippen molar-refractivity contribution in [2.75, 3.05) is 6.26 Å². The van der Waals surface area contributed by atoms with E-state index in [1.54, 1.807) is 55.0 Å². The lowest BCUT2D eigenvalue weighted by molar-refractivity contribution is -0.142. The van der Waals surface area contributed by atoms with Crippen molar-refractivity contribution in [2.24, 2.45) is 5.84 Å². The number of hydrazine groups is 1. The van der Waals surface area contributed by atoms with Crippen molar-refractivity contribution >= 4 is 40.5 Å². The van der Waals surface area contributed by atoms with Crippen LogP contribution >= 0.6 is 23.5 Å². The molecule has 0 radical (unpaired) electrons. The molecule has 1 amide bonds. The Bertz CT molecular complexity index is 1110. The van der Waals surface area contributed by atoms with Crippen LogP contribution < -0.4 is 5.84 Å². The summed E-state index contributed by atoms with van der Waals surface area (Å²) in [6, 6.07) is 18.3. The molecule has 0 fully saturated rings. The lowest BCUT2D eigenvalue weighted by Crippen LogP contribution is -2.51. The largest absolute Gasteiger partial charge is 0.480 e. The highest BCUT2D eigenvalue weighted by molar-refractivity contribution is 8.16. The molecule has 0 aliphatic rings. The summed E-state index contributed by atoms with van der Waals surface area (Å²) in [6.45, 7) is 0. The van der Waals surface area contributed by atoms with Crippen molar-refractivity contribution in [2.45, 2.75) is 22.6 Å². The van der Waals surface area contributed by atoms with E-state index in [0.29, 0.717) is 10.5 Å². The van der Waals surface area contributed by atoms with Crippen molar-refractivity contribution in [3.63, 3.8) is 0 Å². The van der Waals surface area contributed by atoms with Gasteiger partial charge in [-0.25, -0.2) is 10.6 Å². The van der Waals surface area contributed by atoms with Crippen LogP contribution in [0.15, 0.2) is 84.0 Å². The molecule has 2 aromatic carbocycles. The van der Waals surface area contributed by atoms with E-state index in [4.69, 9.17) is 5.84 Å². The summed E-state index contributed by atoms with van der Waals surface area (Å²) in [6.07, 6.45) is 4.76. The number of aliphatic carboxylic acids is 1. The highest BCUT2D eigenvalue weighted by atomic mass is 32.2. The molecule has 0 bridgehead atoms. The molecule has 170 valence electrons. The van der Waals surface area contributed by atoms with Gasteiger partial charge in [0.2, 0.25) is 5.12 Å². The van der Waals surface area contributed by atoms with Gasteiger partial charge in [0, 0.05) is 22.9 Å². The first-order valence-electron chi connectivity index (χ1n) is 10.0. The van der Waals surface area contributed by atoms with E-state index >= 15 is 0 Å². The molecular formula is C24H23N3O4S2. The molecule has 3 aromatic rings. The van der Waals surface area contributed by atoms with Gasteiger partial charge in [0.15, 0.2) is 0 Å². The molecule has 1 unspecified atom stereocenters. The maximum atomic E-state index is 13.2. The SMILES string of the molecule is CSC(C[C@@H](C(=O)O)N(N)C(=O)c1ccccc1-c1ccccc1)C(=O)Sc1cccnc1. The highest BCUT2D eigenvalue weighted by Crippen LogP contribution is 2.28. The number of hydrogen-bond donors (Lipinski definition) is 2. The molecule has 0 spiro atoms. The Balaban J connectivity index is 1.81. The predicted molar refractivity (Wildman–Crippen MR) is 131 cm³/mol. The zero-order chi connectivity index (χ0) is 23.8. The number of hydrogen-bond acceptors (Lipinski definition) is 7. The maximum absolute atomic E-state index is 13.2. The lowest BCUT2D eigenvalue weighted by Gasteiger charge is -2.27. The quantitative estimate of drug-likeness (QED) is 0.204. The minimum absolute atomic E-state index is 0.127. The van der Waals surface area contributed by atoms with Crippen LogP contribution in [-0.4, -0.2) is 49.6 Å². The van der Waals surface area contributed by atoms with Gasteiger partial charge in [-0.15, -0.1) is 0 Å². The number of carbonyl (C=O) groups excluding carboxylic acids is 2. The Labute approximate surface area is 200 Å².